The van der Waals surface area contributed by atoms with Gasteiger partial charge in [0, 0.05) is 31.1 Å². The highest BCUT2D eigenvalue weighted by molar-refractivity contribution is 7.91. The van der Waals surface area contributed by atoms with Crippen LogP contribution in [-0.2, 0) is 19.3 Å². The molecule has 1 fully saturated rings. The Kier molecular flexibility index (Phi) is 9.20. The Hall–Kier alpha value is -4.91. The Morgan fingerprint density at radius 1 is 1.05 bits per heavy atom. The molecular formula is C28H25N3O11S. The van der Waals surface area contributed by atoms with Gasteiger partial charge in [-0.2, -0.15) is 0 Å². The first-order valence-corrected chi connectivity index (χ1v) is 14.5. The standard InChI is InChI=1S/C28H25N3O11S/c32-27(23-18-20-8-9-21(19-24(20)41-28(23)33)38-17-12-30-10-15-37-16-11-30)40-14-5-4-13-39-25-26(31(34)42-29-25)43(35,36)22-6-2-1-3-7-22/h1-3,6-9,18-19H,10-17H2. The number of hydrogen-bond donors (Lipinski definition) is 0. The molecule has 1 saturated heterocycles. The highest BCUT2D eigenvalue weighted by Gasteiger charge is 2.35. The monoisotopic (exact) mass is 611 g/mol. The minimum absolute atomic E-state index is 0.155. The van der Waals surface area contributed by atoms with E-state index in [-0.39, 0.29) is 20.9 Å². The van der Waals surface area contributed by atoms with Gasteiger partial charge in [0.25, 0.3) is 9.84 Å². The summed E-state index contributed by atoms with van der Waals surface area (Å²) in [5.74, 6) is 3.98. The van der Waals surface area contributed by atoms with Gasteiger partial charge in [-0.15, -0.1) is 0 Å². The summed E-state index contributed by atoms with van der Waals surface area (Å²) in [5.41, 5.74) is -0.948. The molecule has 4 aromatic rings. The summed E-state index contributed by atoms with van der Waals surface area (Å²) < 4.78 is 56.5. The van der Waals surface area contributed by atoms with E-state index in [0.717, 1.165) is 19.6 Å². The molecule has 0 unspecified atom stereocenters. The lowest BCUT2D eigenvalue weighted by atomic mass is 10.2. The quantitative estimate of drug-likeness (QED) is 0.108. The number of sulfone groups is 1. The second-order valence-electron chi connectivity index (χ2n) is 9.02. The lowest BCUT2D eigenvalue weighted by Gasteiger charge is -2.26. The minimum Gasteiger partial charge on any atom is -0.492 e. The fourth-order valence-electron chi connectivity index (χ4n) is 4.07. The van der Waals surface area contributed by atoms with Gasteiger partial charge in [0.1, 0.15) is 23.5 Å². The Balaban J connectivity index is 1.14. The smallest absolute Gasteiger partial charge is 0.415 e. The molecule has 2 aromatic carbocycles. The van der Waals surface area contributed by atoms with Gasteiger partial charge in [-0.25, -0.2) is 18.0 Å². The highest BCUT2D eigenvalue weighted by atomic mass is 32.2. The van der Waals surface area contributed by atoms with Crippen molar-refractivity contribution in [3.63, 3.8) is 0 Å². The van der Waals surface area contributed by atoms with E-state index in [4.69, 9.17) is 23.4 Å². The molecule has 0 bridgehead atoms. The number of rotatable bonds is 10. The van der Waals surface area contributed by atoms with E-state index < -0.39 is 45.6 Å². The number of carbonyl (C=O) groups is 1. The lowest BCUT2D eigenvalue weighted by Crippen LogP contribution is -2.38. The molecule has 224 valence electrons. The van der Waals surface area contributed by atoms with Crippen molar-refractivity contribution < 1.29 is 46.1 Å². The van der Waals surface area contributed by atoms with Crippen LogP contribution in [0.1, 0.15) is 10.4 Å². The first-order chi connectivity index (χ1) is 20.8. The molecule has 3 heterocycles. The molecule has 1 aliphatic heterocycles. The van der Waals surface area contributed by atoms with E-state index in [9.17, 15) is 23.2 Å². The zero-order valence-electron chi connectivity index (χ0n) is 22.6. The first-order valence-electron chi connectivity index (χ1n) is 13.0. The van der Waals surface area contributed by atoms with E-state index in [0.29, 0.717) is 31.0 Å². The number of ether oxygens (including phenoxy) is 4. The molecule has 5 rings (SSSR count). The van der Waals surface area contributed by atoms with Crippen LogP contribution in [0.4, 0.5) is 0 Å². The van der Waals surface area contributed by atoms with Crippen LogP contribution < -0.4 is 20.0 Å². The van der Waals surface area contributed by atoms with Crippen LogP contribution in [0.15, 0.2) is 78.4 Å². The van der Waals surface area contributed by atoms with Crippen molar-refractivity contribution in [3.8, 4) is 23.5 Å². The zero-order valence-corrected chi connectivity index (χ0v) is 23.4. The fraction of sp³-hybridized carbons (Fsp3) is 0.286. The number of nitrogens with zero attached hydrogens (tertiary/aromatic N) is 3. The van der Waals surface area contributed by atoms with Crippen molar-refractivity contribution in [2.45, 2.75) is 9.92 Å². The summed E-state index contributed by atoms with van der Waals surface area (Å²) in [6.45, 7) is 3.47. The number of morpholine rings is 1. The van der Waals surface area contributed by atoms with Crippen LogP contribution in [0.2, 0.25) is 0 Å². The molecule has 1 aliphatic rings. The molecule has 0 saturated carbocycles. The Labute approximate surface area is 244 Å². The predicted octanol–water partition coefficient (Wildman–Crippen LogP) is 1.20. The summed E-state index contributed by atoms with van der Waals surface area (Å²) in [7, 11) is -4.28. The van der Waals surface area contributed by atoms with Crippen LogP contribution >= 0.6 is 0 Å². The molecule has 43 heavy (non-hydrogen) atoms. The Morgan fingerprint density at radius 2 is 1.81 bits per heavy atom. The third kappa shape index (κ3) is 7.12. The van der Waals surface area contributed by atoms with Gasteiger partial charge in [-0.05, 0) is 35.2 Å². The normalized spacial score (nSPS) is 13.7. The van der Waals surface area contributed by atoms with Crippen molar-refractivity contribution in [2.75, 3.05) is 52.7 Å². The molecule has 0 aliphatic carbocycles. The summed E-state index contributed by atoms with van der Waals surface area (Å²) in [6, 6.07) is 13.5. The van der Waals surface area contributed by atoms with Crippen molar-refractivity contribution in [2.24, 2.45) is 0 Å². The fourth-order valence-corrected chi connectivity index (χ4v) is 5.36. The third-order valence-corrected chi connectivity index (χ3v) is 7.97. The minimum atomic E-state index is -4.28. The number of carbonyl (C=O) groups excluding carboxylic acids is 1. The molecule has 0 spiro atoms. The largest absolute Gasteiger partial charge is 0.492 e. The number of hydrogen-bond acceptors (Lipinski definition) is 13. The maximum atomic E-state index is 12.8. The number of aromatic nitrogens is 2. The Morgan fingerprint density at radius 3 is 2.60 bits per heavy atom. The topological polar surface area (TPSA) is 175 Å². The highest BCUT2D eigenvalue weighted by Crippen LogP contribution is 2.25. The second-order valence-corrected chi connectivity index (χ2v) is 10.9. The molecule has 0 N–H and O–H groups in total. The zero-order chi connectivity index (χ0) is 30.2. The predicted molar refractivity (Wildman–Crippen MR) is 146 cm³/mol. The summed E-state index contributed by atoms with van der Waals surface area (Å²) in [6.07, 6.45) is 0. The molecule has 0 amide bonds. The van der Waals surface area contributed by atoms with E-state index in [2.05, 4.69) is 26.5 Å². The second kappa shape index (κ2) is 13.4. The molecule has 0 radical (unpaired) electrons. The van der Waals surface area contributed by atoms with Gasteiger partial charge in [0.15, 0.2) is 13.2 Å². The lowest BCUT2D eigenvalue weighted by molar-refractivity contribution is -0.832. The van der Waals surface area contributed by atoms with Crippen LogP contribution in [0.3, 0.4) is 0 Å². The van der Waals surface area contributed by atoms with Gasteiger partial charge in [-0.3, -0.25) is 9.53 Å². The third-order valence-electron chi connectivity index (χ3n) is 6.24. The van der Waals surface area contributed by atoms with E-state index in [1.165, 1.54) is 30.3 Å². The van der Waals surface area contributed by atoms with Gasteiger partial charge in [0.05, 0.1) is 23.3 Å². The van der Waals surface area contributed by atoms with E-state index in [1.807, 2.05) is 0 Å². The van der Waals surface area contributed by atoms with Gasteiger partial charge in [0.2, 0.25) is 0 Å². The number of fused-ring (bicyclic) bond motifs is 1. The molecular weight excluding hydrogens is 586 g/mol. The first kappa shape index (κ1) is 29.6. The Bertz CT molecular complexity index is 1820. The van der Waals surface area contributed by atoms with Crippen molar-refractivity contribution in [1.29, 1.82) is 0 Å². The number of esters is 1. The van der Waals surface area contributed by atoms with Crippen LogP contribution in [0, 0.1) is 17.0 Å². The molecule has 14 nitrogen and oxygen atoms in total. The van der Waals surface area contributed by atoms with Crippen molar-refractivity contribution >= 4 is 26.8 Å². The van der Waals surface area contributed by atoms with Gasteiger partial charge < -0.3 is 28.6 Å². The number of benzene rings is 2. The van der Waals surface area contributed by atoms with Gasteiger partial charge in [-0.1, -0.05) is 30.0 Å². The molecule has 15 heteroatoms. The van der Waals surface area contributed by atoms with E-state index in [1.54, 1.807) is 24.3 Å². The maximum Gasteiger partial charge on any atom is 0.415 e. The maximum absolute atomic E-state index is 12.8. The van der Waals surface area contributed by atoms with Gasteiger partial charge >= 0.3 is 22.5 Å². The van der Waals surface area contributed by atoms with E-state index >= 15 is 0 Å². The summed E-state index contributed by atoms with van der Waals surface area (Å²) in [4.78, 5) is 26.7. The summed E-state index contributed by atoms with van der Waals surface area (Å²) in [5, 5.41) is 14.9. The van der Waals surface area contributed by atoms with Crippen molar-refractivity contribution in [1.82, 2.24) is 10.1 Å². The average molecular weight is 612 g/mol. The summed E-state index contributed by atoms with van der Waals surface area (Å²) >= 11 is 0. The SMILES string of the molecule is O=C(OCC#CCOc1no[n+]([O-])c1S(=O)(=O)c1ccccc1)c1cc2ccc(OCCN3CCOCC3)cc2oc1=O. The molecule has 2 aromatic heterocycles. The van der Waals surface area contributed by atoms with Crippen LogP contribution in [0.25, 0.3) is 11.0 Å². The average Bonchev–Trinajstić information content (AvgIpc) is 3.40. The van der Waals surface area contributed by atoms with Crippen LogP contribution in [0.5, 0.6) is 11.6 Å². The van der Waals surface area contributed by atoms with Crippen molar-refractivity contribution in [3.05, 3.63) is 75.8 Å². The van der Waals surface area contributed by atoms with Crippen LogP contribution in [-0.4, -0.2) is 77.1 Å². The molecule has 0 atom stereocenters.